The lowest BCUT2D eigenvalue weighted by Crippen LogP contribution is -1.95. The molecule has 0 saturated heterocycles. The van der Waals surface area contributed by atoms with Crippen molar-refractivity contribution in [2.24, 2.45) is 0 Å². The Morgan fingerprint density at radius 2 is 1.68 bits per heavy atom. The van der Waals surface area contributed by atoms with Gasteiger partial charge in [-0.15, -0.1) is 0 Å². The van der Waals surface area contributed by atoms with Crippen LogP contribution in [-0.2, 0) is 12.8 Å². The Bertz CT molecular complexity index is 1050. The molecule has 3 aromatic carbocycles. The minimum absolute atomic E-state index is 0.791. The molecule has 0 nitrogen and oxygen atoms in total. The van der Waals surface area contributed by atoms with E-state index in [1.54, 1.807) is 0 Å². The summed E-state index contributed by atoms with van der Waals surface area (Å²) >= 11 is 9.98. The van der Waals surface area contributed by atoms with Crippen molar-refractivity contribution in [3.8, 4) is 22.3 Å². The van der Waals surface area contributed by atoms with Gasteiger partial charge in [0, 0.05) is 15.1 Å². The second-order valence-electron chi connectivity index (χ2n) is 6.82. The Balaban J connectivity index is 1.62. The zero-order valence-corrected chi connectivity index (χ0v) is 16.0. The molecular weight excluding hydrogens is 392 g/mol. The van der Waals surface area contributed by atoms with E-state index in [4.69, 9.17) is 11.6 Å². The standard InChI is InChI=1S/C23H16BrCl/c24-19-6-8-23(25)22(13-19)16-5-7-20-17(10-16)11-18-9-14-3-1-2-4-15(14)12-21(18)20/h2,4-10,12-13H,1,3,11H2. The minimum atomic E-state index is 0.791. The van der Waals surface area contributed by atoms with Gasteiger partial charge >= 0.3 is 0 Å². The van der Waals surface area contributed by atoms with E-state index >= 15 is 0 Å². The van der Waals surface area contributed by atoms with E-state index < -0.39 is 0 Å². The summed E-state index contributed by atoms with van der Waals surface area (Å²) in [6.45, 7) is 0. The van der Waals surface area contributed by atoms with Gasteiger partial charge in [0.05, 0.1) is 0 Å². The predicted molar refractivity (Wildman–Crippen MR) is 110 cm³/mol. The van der Waals surface area contributed by atoms with E-state index in [0.717, 1.165) is 34.3 Å². The van der Waals surface area contributed by atoms with E-state index in [1.807, 2.05) is 12.1 Å². The lowest BCUT2D eigenvalue weighted by molar-refractivity contribution is 0.981. The third-order valence-corrected chi connectivity index (χ3v) is 6.08. The number of fused-ring (bicyclic) bond motifs is 4. The van der Waals surface area contributed by atoms with Crippen LogP contribution in [0, 0.1) is 0 Å². The Kier molecular flexibility index (Phi) is 3.62. The maximum Gasteiger partial charge on any atom is 0.0485 e. The molecule has 0 N–H and O–H groups in total. The van der Waals surface area contributed by atoms with Gasteiger partial charge < -0.3 is 0 Å². The molecule has 0 heterocycles. The van der Waals surface area contributed by atoms with Crippen LogP contribution in [-0.4, -0.2) is 0 Å². The van der Waals surface area contributed by atoms with Crippen LogP contribution in [0.25, 0.3) is 28.3 Å². The van der Waals surface area contributed by atoms with Crippen LogP contribution in [0.3, 0.4) is 0 Å². The Labute approximate surface area is 161 Å². The van der Waals surface area contributed by atoms with Crippen molar-refractivity contribution in [1.82, 2.24) is 0 Å². The van der Waals surface area contributed by atoms with E-state index in [-0.39, 0.29) is 0 Å². The maximum absolute atomic E-state index is 6.43. The smallest absolute Gasteiger partial charge is 0.0485 e. The molecule has 122 valence electrons. The fourth-order valence-electron chi connectivity index (χ4n) is 4.02. The molecule has 2 aliphatic rings. The quantitative estimate of drug-likeness (QED) is 0.310. The average molecular weight is 408 g/mol. The summed E-state index contributed by atoms with van der Waals surface area (Å²) in [6.07, 6.45) is 7.88. The minimum Gasteiger partial charge on any atom is -0.0837 e. The fourth-order valence-corrected chi connectivity index (χ4v) is 4.61. The lowest BCUT2D eigenvalue weighted by Gasteiger charge is -2.13. The molecule has 0 saturated carbocycles. The molecule has 0 atom stereocenters. The van der Waals surface area contributed by atoms with Gasteiger partial charge in [0.15, 0.2) is 0 Å². The van der Waals surface area contributed by atoms with Crippen molar-refractivity contribution in [2.45, 2.75) is 19.3 Å². The molecule has 0 aromatic heterocycles. The first-order valence-corrected chi connectivity index (χ1v) is 9.77. The van der Waals surface area contributed by atoms with Crippen LogP contribution in [0.15, 0.2) is 59.1 Å². The molecule has 0 fully saturated rings. The summed E-state index contributed by atoms with van der Waals surface area (Å²) in [5.41, 5.74) is 10.8. The molecule has 0 unspecified atom stereocenters. The van der Waals surface area contributed by atoms with Gasteiger partial charge in [-0.3, -0.25) is 0 Å². The molecule has 0 aliphatic heterocycles. The summed E-state index contributed by atoms with van der Waals surface area (Å²) in [6, 6.07) is 17.6. The van der Waals surface area contributed by atoms with Crippen molar-refractivity contribution >= 4 is 33.6 Å². The molecule has 0 amide bonds. The molecule has 0 spiro atoms. The highest BCUT2D eigenvalue weighted by molar-refractivity contribution is 9.10. The number of aryl methyl sites for hydroxylation is 1. The molecule has 25 heavy (non-hydrogen) atoms. The summed E-state index contributed by atoms with van der Waals surface area (Å²) in [5, 5.41) is 0.791. The number of benzene rings is 3. The van der Waals surface area contributed by atoms with Gasteiger partial charge in [0.1, 0.15) is 0 Å². The highest BCUT2D eigenvalue weighted by Gasteiger charge is 2.21. The number of halogens is 2. The second kappa shape index (κ2) is 5.86. The van der Waals surface area contributed by atoms with Crippen molar-refractivity contribution < 1.29 is 0 Å². The third kappa shape index (κ3) is 2.58. The van der Waals surface area contributed by atoms with E-state index in [0.29, 0.717) is 0 Å². The van der Waals surface area contributed by atoms with Crippen LogP contribution in [0.2, 0.25) is 5.02 Å². The summed E-state index contributed by atoms with van der Waals surface area (Å²) in [4.78, 5) is 0. The highest BCUT2D eigenvalue weighted by Crippen LogP contribution is 2.42. The van der Waals surface area contributed by atoms with Gasteiger partial charge in [-0.1, -0.05) is 63.9 Å². The third-order valence-electron chi connectivity index (χ3n) is 5.26. The van der Waals surface area contributed by atoms with E-state index in [1.165, 1.54) is 38.9 Å². The lowest BCUT2D eigenvalue weighted by atomic mass is 9.92. The van der Waals surface area contributed by atoms with Gasteiger partial charge in [-0.2, -0.15) is 0 Å². The zero-order valence-electron chi connectivity index (χ0n) is 13.7. The van der Waals surface area contributed by atoms with E-state index in [2.05, 4.69) is 64.5 Å². The number of hydrogen-bond acceptors (Lipinski definition) is 0. The van der Waals surface area contributed by atoms with Crippen molar-refractivity contribution in [3.63, 3.8) is 0 Å². The highest BCUT2D eigenvalue weighted by atomic mass is 79.9. The maximum atomic E-state index is 6.43. The molecule has 0 bridgehead atoms. The molecule has 2 aliphatic carbocycles. The first-order valence-electron chi connectivity index (χ1n) is 8.60. The Morgan fingerprint density at radius 3 is 2.60 bits per heavy atom. The van der Waals surface area contributed by atoms with Gasteiger partial charge in [0.2, 0.25) is 0 Å². The monoisotopic (exact) mass is 406 g/mol. The molecular formula is C23H16BrCl. The van der Waals surface area contributed by atoms with Crippen LogP contribution >= 0.6 is 27.5 Å². The van der Waals surface area contributed by atoms with Gasteiger partial charge in [-0.25, -0.2) is 0 Å². The van der Waals surface area contributed by atoms with Crippen LogP contribution in [0.4, 0.5) is 0 Å². The SMILES string of the molecule is Clc1ccc(Br)cc1-c1ccc2c(c1)Cc1cc3c(cc1-2)C=CCC3. The fraction of sp³-hybridized carbons (Fsp3) is 0.130. The van der Waals surface area contributed by atoms with Gasteiger partial charge in [-0.05, 0) is 82.5 Å². The van der Waals surface area contributed by atoms with Crippen LogP contribution in [0.1, 0.15) is 28.7 Å². The first kappa shape index (κ1) is 15.4. The number of rotatable bonds is 1. The van der Waals surface area contributed by atoms with Crippen molar-refractivity contribution in [1.29, 1.82) is 0 Å². The molecule has 0 radical (unpaired) electrons. The normalized spacial score (nSPS) is 14.2. The summed E-state index contributed by atoms with van der Waals surface area (Å²) in [5.74, 6) is 0. The number of allylic oxidation sites excluding steroid dienone is 1. The van der Waals surface area contributed by atoms with Gasteiger partial charge in [0.25, 0.3) is 0 Å². The summed E-state index contributed by atoms with van der Waals surface area (Å²) < 4.78 is 1.05. The topological polar surface area (TPSA) is 0 Å². The predicted octanol–water partition coefficient (Wildman–Crippen LogP) is 7.30. The average Bonchev–Trinajstić information content (AvgIpc) is 2.98. The summed E-state index contributed by atoms with van der Waals surface area (Å²) in [7, 11) is 0. The number of hydrogen-bond donors (Lipinski definition) is 0. The molecule has 2 heteroatoms. The molecule has 5 rings (SSSR count). The largest absolute Gasteiger partial charge is 0.0837 e. The Morgan fingerprint density at radius 1 is 0.800 bits per heavy atom. The zero-order chi connectivity index (χ0) is 17.0. The Hall–Kier alpha value is -1.83. The van der Waals surface area contributed by atoms with E-state index in [9.17, 15) is 0 Å². The van der Waals surface area contributed by atoms with Crippen molar-refractivity contribution in [2.75, 3.05) is 0 Å². The molecule has 3 aromatic rings. The van der Waals surface area contributed by atoms with Crippen LogP contribution in [0.5, 0.6) is 0 Å². The first-order chi connectivity index (χ1) is 12.2. The van der Waals surface area contributed by atoms with Crippen LogP contribution < -0.4 is 0 Å². The second-order valence-corrected chi connectivity index (χ2v) is 8.14. The van der Waals surface area contributed by atoms with Crippen molar-refractivity contribution in [3.05, 3.63) is 86.4 Å².